The first-order valence-electron chi connectivity index (χ1n) is 8.97. The molecule has 1 aliphatic carbocycles. The molecule has 0 saturated heterocycles. The van der Waals surface area contributed by atoms with Crippen LogP contribution in [0.25, 0.3) is 0 Å². The van der Waals surface area contributed by atoms with Crippen molar-refractivity contribution in [3.63, 3.8) is 0 Å². The smallest absolute Gasteiger partial charge is 0.0536 e. The van der Waals surface area contributed by atoms with Crippen LogP contribution in [0.15, 0.2) is 49.4 Å². The Labute approximate surface area is 145 Å². The van der Waals surface area contributed by atoms with E-state index in [-0.39, 0.29) is 0 Å². The predicted molar refractivity (Wildman–Crippen MR) is 107 cm³/mol. The first kappa shape index (κ1) is 23.8. The third-order valence-corrected chi connectivity index (χ3v) is 3.03. The zero-order valence-electron chi connectivity index (χ0n) is 16.2. The standard InChI is InChI=1S/C9H16N2.C8H14.C4H10/c1-4-6-7-11-9(3)8-10-5-2;1-2-5-8-6-3-4-7-8;1-4(2)3/h4-6,10-11H,2-3,7-8H2,1H3;2,5,8H,3-4,6-7H2,1H3;4H,1-3H3/b6-4+;5-2+;. The van der Waals surface area contributed by atoms with Crippen LogP contribution in [-0.4, -0.2) is 13.1 Å². The van der Waals surface area contributed by atoms with Gasteiger partial charge in [0.05, 0.1) is 6.54 Å². The molecule has 2 N–H and O–H groups in total. The van der Waals surface area contributed by atoms with Gasteiger partial charge in [-0.15, -0.1) is 0 Å². The molecule has 2 heteroatoms. The second-order valence-corrected chi connectivity index (χ2v) is 6.44. The lowest BCUT2D eigenvalue weighted by Crippen LogP contribution is -2.21. The van der Waals surface area contributed by atoms with Gasteiger partial charge in [0.25, 0.3) is 0 Å². The minimum absolute atomic E-state index is 0.737. The second kappa shape index (κ2) is 18.6. The van der Waals surface area contributed by atoms with Crippen LogP contribution in [0, 0.1) is 11.8 Å². The highest BCUT2D eigenvalue weighted by Crippen LogP contribution is 2.25. The Hall–Kier alpha value is -1.44. The summed E-state index contributed by atoms with van der Waals surface area (Å²) >= 11 is 0. The monoisotopic (exact) mass is 320 g/mol. The topological polar surface area (TPSA) is 24.1 Å². The molecule has 0 atom stereocenters. The molecule has 0 spiro atoms. The van der Waals surface area contributed by atoms with Gasteiger partial charge in [-0.1, -0.05) is 71.1 Å². The zero-order valence-corrected chi connectivity index (χ0v) is 16.2. The van der Waals surface area contributed by atoms with Crippen LogP contribution in [-0.2, 0) is 0 Å². The van der Waals surface area contributed by atoms with Gasteiger partial charge < -0.3 is 10.6 Å². The summed E-state index contributed by atoms with van der Waals surface area (Å²) in [6.45, 7) is 19.5. The van der Waals surface area contributed by atoms with Crippen molar-refractivity contribution in [1.29, 1.82) is 0 Å². The van der Waals surface area contributed by atoms with Gasteiger partial charge in [0, 0.05) is 12.2 Å². The first-order chi connectivity index (χ1) is 11.0. The Kier molecular flexibility index (Phi) is 19.3. The van der Waals surface area contributed by atoms with Crippen LogP contribution < -0.4 is 10.6 Å². The van der Waals surface area contributed by atoms with Gasteiger partial charge in [-0.05, 0) is 44.7 Å². The van der Waals surface area contributed by atoms with E-state index in [0.29, 0.717) is 0 Å². The summed E-state index contributed by atoms with van der Waals surface area (Å²) in [5.41, 5.74) is 0.975. The fraction of sp³-hybridized carbons (Fsp3) is 0.619. The van der Waals surface area contributed by atoms with Gasteiger partial charge in [0.2, 0.25) is 0 Å². The highest BCUT2D eigenvalue weighted by molar-refractivity contribution is 4.97. The third kappa shape index (κ3) is 23.0. The number of rotatable bonds is 7. The van der Waals surface area contributed by atoms with E-state index in [0.717, 1.165) is 30.6 Å². The van der Waals surface area contributed by atoms with E-state index in [1.807, 2.05) is 19.1 Å². The van der Waals surface area contributed by atoms with Crippen molar-refractivity contribution in [2.45, 2.75) is 60.3 Å². The van der Waals surface area contributed by atoms with Gasteiger partial charge in [-0.2, -0.15) is 0 Å². The molecule has 1 saturated carbocycles. The van der Waals surface area contributed by atoms with Crippen molar-refractivity contribution >= 4 is 0 Å². The van der Waals surface area contributed by atoms with Crippen LogP contribution in [0.5, 0.6) is 0 Å². The quantitative estimate of drug-likeness (QED) is 0.578. The van der Waals surface area contributed by atoms with Crippen molar-refractivity contribution in [1.82, 2.24) is 10.6 Å². The Morgan fingerprint density at radius 3 is 2.13 bits per heavy atom. The van der Waals surface area contributed by atoms with Gasteiger partial charge in [-0.3, -0.25) is 0 Å². The molecular formula is C21H40N2. The molecule has 1 aliphatic rings. The predicted octanol–water partition coefficient (Wildman–Crippen LogP) is 5.81. The van der Waals surface area contributed by atoms with Crippen molar-refractivity contribution in [3.8, 4) is 0 Å². The van der Waals surface area contributed by atoms with Crippen molar-refractivity contribution in [2.24, 2.45) is 11.8 Å². The molecule has 134 valence electrons. The summed E-state index contributed by atoms with van der Waals surface area (Å²) in [5.74, 6) is 1.76. The molecule has 0 bridgehead atoms. The molecule has 23 heavy (non-hydrogen) atoms. The largest absolute Gasteiger partial charge is 0.386 e. The van der Waals surface area contributed by atoms with Crippen molar-refractivity contribution in [2.75, 3.05) is 13.1 Å². The molecule has 0 unspecified atom stereocenters. The number of nitrogens with one attached hydrogen (secondary N) is 2. The third-order valence-electron chi connectivity index (χ3n) is 3.03. The minimum atomic E-state index is 0.737. The van der Waals surface area contributed by atoms with E-state index in [1.54, 1.807) is 6.20 Å². The van der Waals surface area contributed by atoms with Crippen LogP contribution in [0.2, 0.25) is 0 Å². The average molecular weight is 321 g/mol. The molecule has 0 aromatic heterocycles. The van der Waals surface area contributed by atoms with Gasteiger partial charge in [-0.25, -0.2) is 0 Å². The molecule has 0 aromatic carbocycles. The molecule has 0 radical (unpaired) electrons. The maximum absolute atomic E-state index is 3.81. The Bertz CT molecular complexity index is 318. The lowest BCUT2D eigenvalue weighted by atomic mass is 10.1. The Balaban J connectivity index is 0. The van der Waals surface area contributed by atoms with Gasteiger partial charge >= 0.3 is 0 Å². The van der Waals surface area contributed by atoms with E-state index < -0.39 is 0 Å². The van der Waals surface area contributed by atoms with Crippen LogP contribution in [0.4, 0.5) is 0 Å². The summed E-state index contributed by atoms with van der Waals surface area (Å²) in [4.78, 5) is 0. The molecule has 1 fully saturated rings. The highest BCUT2D eigenvalue weighted by atomic mass is 14.9. The lowest BCUT2D eigenvalue weighted by Gasteiger charge is -2.06. The molecule has 0 amide bonds. The Morgan fingerprint density at radius 1 is 1.13 bits per heavy atom. The molecule has 2 nitrogen and oxygen atoms in total. The van der Waals surface area contributed by atoms with E-state index in [2.05, 4.69) is 63.6 Å². The van der Waals surface area contributed by atoms with Gasteiger partial charge in [0.1, 0.15) is 0 Å². The number of hydrogen-bond acceptors (Lipinski definition) is 2. The summed E-state index contributed by atoms with van der Waals surface area (Å²) in [5, 5.41) is 6.08. The van der Waals surface area contributed by atoms with E-state index in [1.165, 1.54) is 25.7 Å². The number of allylic oxidation sites excluding steroid dienone is 3. The van der Waals surface area contributed by atoms with E-state index in [4.69, 9.17) is 0 Å². The second-order valence-electron chi connectivity index (χ2n) is 6.44. The maximum atomic E-state index is 3.81. The molecule has 0 aromatic rings. The van der Waals surface area contributed by atoms with E-state index in [9.17, 15) is 0 Å². The van der Waals surface area contributed by atoms with Crippen LogP contribution in [0.3, 0.4) is 0 Å². The Morgan fingerprint density at radius 2 is 1.70 bits per heavy atom. The van der Waals surface area contributed by atoms with Gasteiger partial charge in [0.15, 0.2) is 0 Å². The van der Waals surface area contributed by atoms with Crippen molar-refractivity contribution < 1.29 is 0 Å². The average Bonchev–Trinajstić information content (AvgIpc) is 2.99. The zero-order chi connectivity index (χ0) is 17.9. The fourth-order valence-electron chi connectivity index (χ4n) is 2.00. The SMILES string of the molecule is C/C=C/C1CCCC1.C=CNCC(=C)NC/C=C/C.CC(C)C. The van der Waals surface area contributed by atoms with Crippen molar-refractivity contribution in [3.05, 3.63) is 49.4 Å². The lowest BCUT2D eigenvalue weighted by molar-refractivity contribution is 0.685. The molecule has 0 heterocycles. The normalized spacial score (nSPS) is 14.2. The summed E-state index contributed by atoms with van der Waals surface area (Å²) in [6.07, 6.45) is 16.0. The minimum Gasteiger partial charge on any atom is -0.386 e. The van der Waals surface area contributed by atoms with E-state index >= 15 is 0 Å². The highest BCUT2D eigenvalue weighted by Gasteiger charge is 2.09. The van der Waals surface area contributed by atoms with Crippen LogP contribution in [0.1, 0.15) is 60.3 Å². The summed E-state index contributed by atoms with van der Waals surface area (Å²) in [6, 6.07) is 0. The summed E-state index contributed by atoms with van der Waals surface area (Å²) < 4.78 is 0. The molecule has 0 aliphatic heterocycles. The maximum Gasteiger partial charge on any atom is 0.0536 e. The fourth-order valence-corrected chi connectivity index (χ4v) is 2.00. The first-order valence-corrected chi connectivity index (χ1v) is 8.97. The summed E-state index contributed by atoms with van der Waals surface area (Å²) in [7, 11) is 0. The molecule has 1 rings (SSSR count). The van der Waals surface area contributed by atoms with Crippen LogP contribution >= 0.6 is 0 Å². The molecular weight excluding hydrogens is 280 g/mol. The number of hydrogen-bond donors (Lipinski definition) is 2.